The average Bonchev–Trinajstić information content (AvgIpc) is 2.63. The van der Waals surface area contributed by atoms with E-state index in [1.54, 1.807) is 4.98 Å². The van der Waals surface area contributed by atoms with Crippen molar-refractivity contribution >= 4 is 7.60 Å². The summed E-state index contributed by atoms with van der Waals surface area (Å²) in [6.45, 7) is -2.27. The zero-order valence-corrected chi connectivity index (χ0v) is 11.2. The summed E-state index contributed by atoms with van der Waals surface area (Å²) in [5.41, 5.74) is -5.37. The molecule has 0 aromatic carbocycles. The SMILES string of the molecule is O=c1ccn([C@]2(O)[C@@H](CO)OC[C@@]2(F)P(=O)(O)O)c(=O)[nH]1. The first-order chi connectivity index (χ1) is 9.58. The number of hydrogen-bond donors (Lipinski definition) is 5. The van der Waals surface area contributed by atoms with Crippen LogP contribution in [0.25, 0.3) is 0 Å². The van der Waals surface area contributed by atoms with Crippen LogP contribution in [0.15, 0.2) is 21.9 Å². The van der Waals surface area contributed by atoms with E-state index in [4.69, 9.17) is 14.9 Å². The highest BCUT2D eigenvalue weighted by Crippen LogP contribution is 2.62. The van der Waals surface area contributed by atoms with Crippen molar-refractivity contribution in [1.82, 2.24) is 9.55 Å². The second kappa shape index (κ2) is 4.83. The van der Waals surface area contributed by atoms with Crippen molar-refractivity contribution in [2.45, 2.75) is 17.2 Å². The van der Waals surface area contributed by atoms with Gasteiger partial charge in [0.15, 0.2) is 0 Å². The van der Waals surface area contributed by atoms with Gasteiger partial charge in [0.2, 0.25) is 5.72 Å². The molecule has 10 nitrogen and oxygen atoms in total. The van der Waals surface area contributed by atoms with Gasteiger partial charge in [0.25, 0.3) is 11.0 Å². The highest BCUT2D eigenvalue weighted by Gasteiger charge is 2.72. The maximum atomic E-state index is 14.8. The van der Waals surface area contributed by atoms with E-state index < -0.39 is 49.3 Å². The van der Waals surface area contributed by atoms with Gasteiger partial charge in [-0.2, -0.15) is 0 Å². The molecule has 0 aliphatic carbocycles. The van der Waals surface area contributed by atoms with Crippen LogP contribution in [0.4, 0.5) is 4.39 Å². The molecule has 21 heavy (non-hydrogen) atoms. The van der Waals surface area contributed by atoms with Crippen LogP contribution in [0.3, 0.4) is 0 Å². The topological polar surface area (TPSA) is 162 Å². The van der Waals surface area contributed by atoms with Gasteiger partial charge in [-0.25, -0.2) is 9.18 Å². The Kier molecular flexibility index (Phi) is 3.69. The monoisotopic (exact) mass is 326 g/mol. The van der Waals surface area contributed by atoms with Crippen LogP contribution < -0.4 is 11.2 Å². The van der Waals surface area contributed by atoms with E-state index >= 15 is 0 Å². The minimum Gasteiger partial charge on any atom is -0.393 e. The van der Waals surface area contributed by atoms with E-state index in [-0.39, 0.29) is 4.57 Å². The van der Waals surface area contributed by atoms with Gasteiger partial charge in [0.05, 0.1) is 13.2 Å². The number of ether oxygens (including phenoxy) is 1. The molecule has 2 heterocycles. The Bertz CT molecular complexity index is 712. The maximum Gasteiger partial charge on any atom is 0.370 e. The third kappa shape index (κ3) is 2.09. The minimum atomic E-state index is -5.60. The van der Waals surface area contributed by atoms with Gasteiger partial charge in [0, 0.05) is 12.3 Å². The summed E-state index contributed by atoms with van der Waals surface area (Å²) >= 11 is 0. The van der Waals surface area contributed by atoms with Crippen LogP contribution >= 0.6 is 7.60 Å². The number of nitrogens with one attached hydrogen (secondary N) is 1. The molecule has 0 spiro atoms. The van der Waals surface area contributed by atoms with Crippen LogP contribution in [-0.2, 0) is 15.0 Å². The molecule has 12 heteroatoms. The molecule has 0 saturated carbocycles. The van der Waals surface area contributed by atoms with Crippen LogP contribution in [0.2, 0.25) is 0 Å². The first kappa shape index (κ1) is 16.0. The molecule has 118 valence electrons. The fourth-order valence-corrected chi connectivity index (χ4v) is 3.11. The van der Waals surface area contributed by atoms with Crippen molar-refractivity contribution in [3.05, 3.63) is 33.1 Å². The van der Waals surface area contributed by atoms with Crippen LogP contribution in [0, 0.1) is 0 Å². The first-order valence-corrected chi connectivity index (χ1v) is 7.21. The minimum absolute atomic E-state index is 0.182. The molecule has 1 aromatic rings. The highest BCUT2D eigenvalue weighted by molar-refractivity contribution is 7.53. The summed E-state index contributed by atoms with van der Waals surface area (Å²) in [5, 5.41) is 15.9. The summed E-state index contributed by atoms with van der Waals surface area (Å²) in [6, 6.07) is 0.742. The molecule has 1 saturated heterocycles. The number of H-pyrrole nitrogens is 1. The normalized spacial score (nSPS) is 33.3. The van der Waals surface area contributed by atoms with E-state index in [1.165, 1.54) is 0 Å². The summed E-state index contributed by atoms with van der Waals surface area (Å²) in [4.78, 5) is 42.7. The van der Waals surface area contributed by atoms with E-state index in [0.29, 0.717) is 6.20 Å². The largest absolute Gasteiger partial charge is 0.393 e. The summed E-state index contributed by atoms with van der Waals surface area (Å²) in [5.74, 6) is 0. The molecule has 0 radical (unpaired) electrons. The predicted octanol–water partition coefficient (Wildman–Crippen LogP) is -2.58. The Balaban J connectivity index is 2.76. The fraction of sp³-hybridized carbons (Fsp3) is 0.556. The second-order valence-corrected chi connectivity index (χ2v) is 6.29. The number of rotatable bonds is 3. The average molecular weight is 326 g/mol. The number of halogens is 1. The lowest BCUT2D eigenvalue weighted by atomic mass is 10.0. The van der Waals surface area contributed by atoms with Gasteiger partial charge >= 0.3 is 13.3 Å². The van der Waals surface area contributed by atoms with Crippen LogP contribution in [-0.4, -0.2) is 54.3 Å². The van der Waals surface area contributed by atoms with E-state index in [0.717, 1.165) is 6.07 Å². The summed E-state index contributed by atoms with van der Waals surface area (Å²) in [6.07, 6.45) is -1.17. The molecule has 1 aliphatic rings. The molecule has 1 fully saturated rings. The second-order valence-electron chi connectivity index (χ2n) is 4.49. The first-order valence-electron chi connectivity index (χ1n) is 5.60. The van der Waals surface area contributed by atoms with Crippen molar-refractivity contribution in [3.63, 3.8) is 0 Å². The van der Waals surface area contributed by atoms with Gasteiger partial charge in [-0.1, -0.05) is 0 Å². The van der Waals surface area contributed by atoms with E-state index in [2.05, 4.69) is 4.74 Å². The summed E-state index contributed by atoms with van der Waals surface area (Å²) in [7, 11) is -5.60. The molecular weight excluding hydrogens is 314 g/mol. The Labute approximate surface area is 115 Å². The van der Waals surface area contributed by atoms with Crippen molar-refractivity contribution in [2.75, 3.05) is 13.2 Å². The molecule has 0 amide bonds. The third-order valence-corrected chi connectivity index (χ3v) is 4.69. The molecular formula is C9H12FN2O8P. The number of aliphatic hydroxyl groups excluding tert-OH is 1. The quantitative estimate of drug-likeness (QED) is 0.378. The fourth-order valence-electron chi connectivity index (χ4n) is 2.18. The highest BCUT2D eigenvalue weighted by atomic mass is 31.2. The van der Waals surface area contributed by atoms with E-state index in [9.17, 15) is 23.7 Å². The molecule has 0 unspecified atom stereocenters. The number of hydrogen-bond acceptors (Lipinski definition) is 6. The molecule has 3 atom stereocenters. The molecule has 2 rings (SSSR count). The summed E-state index contributed by atoms with van der Waals surface area (Å²) < 4.78 is 31.0. The standard InChI is InChI=1S/C9H12FN2O8P/c10-8(21(17,18)19)4-20-5(3-13)9(8,16)12-2-1-6(14)11-7(12)15/h1-2,5,13,16H,3-4H2,(H,11,14,15)(H2,17,18,19)/t5-,8-,9+/m1/s1. The number of aromatic nitrogens is 2. The van der Waals surface area contributed by atoms with Crippen molar-refractivity contribution in [3.8, 4) is 0 Å². The number of nitrogens with zero attached hydrogens (tertiary/aromatic N) is 1. The van der Waals surface area contributed by atoms with Crippen molar-refractivity contribution in [2.24, 2.45) is 0 Å². The Hall–Kier alpha value is -1.36. The number of alkyl halides is 1. The van der Waals surface area contributed by atoms with Gasteiger partial charge in [0.1, 0.15) is 6.10 Å². The lowest BCUT2D eigenvalue weighted by Gasteiger charge is -2.37. The smallest absolute Gasteiger partial charge is 0.370 e. The van der Waals surface area contributed by atoms with Crippen LogP contribution in [0.1, 0.15) is 0 Å². The van der Waals surface area contributed by atoms with Gasteiger partial charge in [-0.05, 0) is 0 Å². The van der Waals surface area contributed by atoms with Crippen LogP contribution in [0.5, 0.6) is 0 Å². The van der Waals surface area contributed by atoms with Gasteiger partial charge in [-0.3, -0.25) is 18.9 Å². The van der Waals surface area contributed by atoms with E-state index in [1.807, 2.05) is 0 Å². The zero-order valence-electron chi connectivity index (χ0n) is 10.3. The third-order valence-electron chi connectivity index (χ3n) is 3.31. The lowest BCUT2D eigenvalue weighted by Crippen LogP contribution is -2.60. The van der Waals surface area contributed by atoms with Gasteiger partial charge in [-0.15, -0.1) is 0 Å². The zero-order chi connectivity index (χ0) is 16.1. The number of aromatic amines is 1. The Morgan fingerprint density at radius 1 is 1.52 bits per heavy atom. The van der Waals surface area contributed by atoms with Crippen molar-refractivity contribution in [1.29, 1.82) is 0 Å². The molecule has 1 aliphatic heterocycles. The molecule has 1 aromatic heterocycles. The lowest BCUT2D eigenvalue weighted by molar-refractivity contribution is -0.152. The molecule has 5 N–H and O–H groups in total. The van der Waals surface area contributed by atoms with Gasteiger partial charge < -0.3 is 24.7 Å². The number of aliphatic hydroxyl groups is 2. The molecule has 0 bridgehead atoms. The maximum absolute atomic E-state index is 14.8. The Morgan fingerprint density at radius 3 is 2.62 bits per heavy atom. The van der Waals surface area contributed by atoms with Crippen molar-refractivity contribution < 1.29 is 33.7 Å². The Morgan fingerprint density at radius 2 is 2.14 bits per heavy atom. The predicted molar refractivity (Wildman–Crippen MR) is 64.2 cm³/mol.